The SMILES string of the molecule is COC(=O)c1c(N)cccc1CN1CCOC(CO)C1. The van der Waals surface area contributed by atoms with Crippen molar-refractivity contribution in [2.45, 2.75) is 12.6 Å². The van der Waals surface area contributed by atoms with Crippen LogP contribution in [0.5, 0.6) is 0 Å². The monoisotopic (exact) mass is 280 g/mol. The van der Waals surface area contributed by atoms with Crippen LogP contribution >= 0.6 is 0 Å². The molecule has 110 valence electrons. The van der Waals surface area contributed by atoms with Gasteiger partial charge in [0.2, 0.25) is 0 Å². The molecule has 20 heavy (non-hydrogen) atoms. The van der Waals surface area contributed by atoms with Gasteiger partial charge >= 0.3 is 5.97 Å². The van der Waals surface area contributed by atoms with E-state index in [1.807, 2.05) is 12.1 Å². The number of aliphatic hydroxyl groups excluding tert-OH is 1. The van der Waals surface area contributed by atoms with Crippen LogP contribution in [-0.4, -0.2) is 55.5 Å². The Kier molecular flexibility index (Phi) is 4.94. The second-order valence-electron chi connectivity index (χ2n) is 4.78. The zero-order valence-electron chi connectivity index (χ0n) is 11.5. The largest absolute Gasteiger partial charge is 0.465 e. The summed E-state index contributed by atoms with van der Waals surface area (Å²) < 4.78 is 10.2. The molecule has 0 bridgehead atoms. The van der Waals surface area contributed by atoms with E-state index in [1.165, 1.54) is 7.11 Å². The molecule has 1 aromatic carbocycles. The quantitative estimate of drug-likeness (QED) is 0.607. The zero-order chi connectivity index (χ0) is 14.5. The van der Waals surface area contributed by atoms with Gasteiger partial charge in [0.15, 0.2) is 0 Å². The standard InChI is InChI=1S/C14H20N2O4/c1-19-14(18)13-10(3-2-4-12(13)15)7-16-5-6-20-11(8-16)9-17/h2-4,11,17H,5-9,15H2,1H3. The Bertz CT molecular complexity index is 478. The van der Waals surface area contributed by atoms with Crippen LogP contribution in [0.1, 0.15) is 15.9 Å². The highest BCUT2D eigenvalue weighted by Crippen LogP contribution is 2.21. The topological polar surface area (TPSA) is 85.0 Å². The van der Waals surface area contributed by atoms with Gasteiger partial charge in [0.05, 0.1) is 32.0 Å². The number of rotatable bonds is 4. The highest BCUT2D eigenvalue weighted by atomic mass is 16.5. The molecule has 1 atom stereocenters. The van der Waals surface area contributed by atoms with Gasteiger partial charge in [-0.3, -0.25) is 4.90 Å². The van der Waals surface area contributed by atoms with E-state index in [1.54, 1.807) is 6.07 Å². The first-order valence-corrected chi connectivity index (χ1v) is 6.56. The summed E-state index contributed by atoms with van der Waals surface area (Å²) in [5.41, 5.74) is 7.54. The number of hydrogen-bond acceptors (Lipinski definition) is 6. The number of aliphatic hydroxyl groups is 1. The minimum absolute atomic E-state index is 0.00269. The summed E-state index contributed by atoms with van der Waals surface area (Å²) in [5.74, 6) is -0.426. The van der Waals surface area contributed by atoms with E-state index >= 15 is 0 Å². The smallest absolute Gasteiger partial charge is 0.340 e. The summed E-state index contributed by atoms with van der Waals surface area (Å²) in [6.07, 6.45) is -0.175. The summed E-state index contributed by atoms with van der Waals surface area (Å²) in [6, 6.07) is 5.37. The second-order valence-corrected chi connectivity index (χ2v) is 4.78. The minimum atomic E-state index is -0.426. The van der Waals surface area contributed by atoms with E-state index < -0.39 is 5.97 Å². The van der Waals surface area contributed by atoms with Gasteiger partial charge in [-0.2, -0.15) is 0 Å². The number of methoxy groups -OCH3 is 1. The average Bonchev–Trinajstić information content (AvgIpc) is 2.47. The molecule has 1 unspecified atom stereocenters. The molecular formula is C14H20N2O4. The Morgan fingerprint density at radius 3 is 3.10 bits per heavy atom. The molecule has 3 N–H and O–H groups in total. The highest BCUT2D eigenvalue weighted by Gasteiger charge is 2.22. The van der Waals surface area contributed by atoms with Crippen LogP contribution in [-0.2, 0) is 16.0 Å². The first kappa shape index (κ1) is 14.8. The number of hydrogen-bond donors (Lipinski definition) is 2. The normalized spacial score (nSPS) is 19.8. The van der Waals surface area contributed by atoms with Crippen molar-refractivity contribution in [3.05, 3.63) is 29.3 Å². The van der Waals surface area contributed by atoms with Gasteiger partial charge in [0.1, 0.15) is 0 Å². The molecule has 1 fully saturated rings. The molecule has 0 aliphatic carbocycles. The van der Waals surface area contributed by atoms with E-state index in [9.17, 15) is 4.79 Å². The van der Waals surface area contributed by atoms with Crippen molar-refractivity contribution in [2.24, 2.45) is 0 Å². The molecule has 1 aliphatic heterocycles. The van der Waals surface area contributed by atoms with Gasteiger partial charge in [0, 0.05) is 25.3 Å². The van der Waals surface area contributed by atoms with Gasteiger partial charge in [-0.15, -0.1) is 0 Å². The van der Waals surface area contributed by atoms with Crippen molar-refractivity contribution in [3.63, 3.8) is 0 Å². The van der Waals surface area contributed by atoms with Gasteiger partial charge in [0.25, 0.3) is 0 Å². The van der Waals surface area contributed by atoms with Gasteiger partial charge < -0.3 is 20.3 Å². The van der Waals surface area contributed by atoms with Crippen molar-refractivity contribution in [1.29, 1.82) is 0 Å². The number of esters is 1. The van der Waals surface area contributed by atoms with Gasteiger partial charge in [-0.05, 0) is 11.6 Å². The van der Waals surface area contributed by atoms with Crippen LogP contribution in [0.4, 0.5) is 5.69 Å². The molecule has 6 nitrogen and oxygen atoms in total. The Hall–Kier alpha value is -1.63. The first-order chi connectivity index (χ1) is 9.65. The van der Waals surface area contributed by atoms with Crippen LogP contribution in [0.2, 0.25) is 0 Å². The summed E-state index contributed by atoms with van der Waals surface area (Å²) in [4.78, 5) is 14.0. The van der Waals surface area contributed by atoms with Crippen molar-refractivity contribution < 1.29 is 19.4 Å². The van der Waals surface area contributed by atoms with Gasteiger partial charge in [-0.25, -0.2) is 4.79 Å². The number of ether oxygens (including phenoxy) is 2. The number of nitrogen functional groups attached to an aromatic ring is 1. The molecule has 6 heteroatoms. The Labute approximate surface area is 118 Å². The maximum absolute atomic E-state index is 11.8. The number of carbonyl (C=O) groups excluding carboxylic acids is 1. The third kappa shape index (κ3) is 3.27. The number of nitrogens with two attached hydrogens (primary N) is 1. The molecule has 0 spiro atoms. The van der Waals surface area contributed by atoms with Crippen LogP contribution in [0.25, 0.3) is 0 Å². The van der Waals surface area contributed by atoms with Crippen LogP contribution < -0.4 is 5.73 Å². The maximum atomic E-state index is 11.8. The first-order valence-electron chi connectivity index (χ1n) is 6.56. The number of nitrogens with zero attached hydrogens (tertiary/aromatic N) is 1. The molecule has 0 amide bonds. The summed E-state index contributed by atoms with van der Waals surface area (Å²) >= 11 is 0. The predicted octanol–water partition coefficient (Wildman–Crippen LogP) is 0.248. The zero-order valence-corrected chi connectivity index (χ0v) is 11.5. The van der Waals surface area contributed by atoms with Crippen molar-refractivity contribution in [1.82, 2.24) is 4.90 Å². The van der Waals surface area contributed by atoms with Crippen LogP contribution in [0.3, 0.4) is 0 Å². The Morgan fingerprint density at radius 2 is 2.40 bits per heavy atom. The van der Waals surface area contributed by atoms with Gasteiger partial charge in [-0.1, -0.05) is 12.1 Å². The van der Waals surface area contributed by atoms with Crippen molar-refractivity contribution in [2.75, 3.05) is 39.1 Å². The molecule has 0 aromatic heterocycles. The van der Waals surface area contributed by atoms with E-state index in [-0.39, 0.29) is 12.7 Å². The summed E-state index contributed by atoms with van der Waals surface area (Å²) in [5, 5.41) is 9.15. The van der Waals surface area contributed by atoms with Crippen LogP contribution in [0.15, 0.2) is 18.2 Å². The molecule has 1 heterocycles. The number of morpholine rings is 1. The number of anilines is 1. The minimum Gasteiger partial charge on any atom is -0.465 e. The fourth-order valence-corrected chi connectivity index (χ4v) is 2.38. The van der Waals surface area contributed by atoms with Crippen molar-refractivity contribution >= 4 is 11.7 Å². The lowest BCUT2D eigenvalue weighted by Crippen LogP contribution is -2.43. The van der Waals surface area contributed by atoms with E-state index in [0.29, 0.717) is 30.9 Å². The molecule has 2 rings (SSSR count). The summed E-state index contributed by atoms with van der Waals surface area (Å²) in [7, 11) is 1.34. The highest BCUT2D eigenvalue weighted by molar-refractivity contribution is 5.96. The average molecular weight is 280 g/mol. The van der Waals surface area contributed by atoms with E-state index in [0.717, 1.165) is 12.1 Å². The van der Waals surface area contributed by atoms with Crippen molar-refractivity contribution in [3.8, 4) is 0 Å². The van der Waals surface area contributed by atoms with E-state index in [2.05, 4.69) is 4.90 Å². The molecular weight excluding hydrogens is 260 g/mol. The van der Waals surface area contributed by atoms with Crippen LogP contribution in [0, 0.1) is 0 Å². The molecule has 0 saturated carbocycles. The fourth-order valence-electron chi connectivity index (χ4n) is 2.38. The lowest BCUT2D eigenvalue weighted by atomic mass is 10.0. The molecule has 1 aromatic rings. The Morgan fingerprint density at radius 1 is 1.60 bits per heavy atom. The molecule has 1 aliphatic rings. The third-order valence-corrected chi connectivity index (χ3v) is 3.39. The van der Waals surface area contributed by atoms with E-state index in [4.69, 9.17) is 20.3 Å². The third-order valence-electron chi connectivity index (χ3n) is 3.39. The fraction of sp³-hybridized carbons (Fsp3) is 0.500. The second kappa shape index (κ2) is 6.69. The number of carbonyl (C=O) groups is 1. The summed E-state index contributed by atoms with van der Waals surface area (Å²) in [6.45, 7) is 2.53. The molecule has 1 saturated heterocycles. The Balaban J connectivity index is 2.16. The predicted molar refractivity (Wildman–Crippen MR) is 74.3 cm³/mol. The lowest BCUT2D eigenvalue weighted by molar-refractivity contribution is -0.0551. The molecule has 0 radical (unpaired) electrons. The number of benzene rings is 1. The maximum Gasteiger partial charge on any atom is 0.340 e. The lowest BCUT2D eigenvalue weighted by Gasteiger charge is -2.32.